The second-order valence-corrected chi connectivity index (χ2v) is 8.75. The molecule has 5 nitrogen and oxygen atoms in total. The first-order chi connectivity index (χ1) is 13.6. The van der Waals surface area contributed by atoms with Gasteiger partial charge in [-0.25, -0.2) is 0 Å². The molecule has 1 atom stereocenters. The van der Waals surface area contributed by atoms with Crippen molar-refractivity contribution in [1.82, 2.24) is 20.4 Å². The van der Waals surface area contributed by atoms with E-state index in [4.69, 9.17) is 11.6 Å². The van der Waals surface area contributed by atoms with Gasteiger partial charge in [-0.2, -0.15) is 0 Å². The van der Waals surface area contributed by atoms with Gasteiger partial charge < -0.3 is 15.5 Å². The summed E-state index contributed by atoms with van der Waals surface area (Å²) in [4.78, 5) is 9.60. The van der Waals surface area contributed by atoms with Crippen molar-refractivity contribution in [2.24, 2.45) is 4.99 Å². The smallest absolute Gasteiger partial charge is 0.191 e. The van der Waals surface area contributed by atoms with Crippen molar-refractivity contribution in [3.63, 3.8) is 0 Å². The van der Waals surface area contributed by atoms with Crippen LogP contribution in [-0.4, -0.2) is 67.6 Å². The van der Waals surface area contributed by atoms with Gasteiger partial charge in [-0.1, -0.05) is 23.7 Å². The summed E-state index contributed by atoms with van der Waals surface area (Å²) >= 11 is 6.27. The number of hydrogen-bond donors (Lipinski definition) is 2. The third kappa shape index (κ3) is 7.26. The zero-order chi connectivity index (χ0) is 19.9. The Morgan fingerprint density at radius 1 is 1.14 bits per heavy atom. The quantitative estimate of drug-likeness (QED) is 0.328. The van der Waals surface area contributed by atoms with Gasteiger partial charge in [0.25, 0.3) is 0 Å². The number of benzene rings is 1. The highest BCUT2D eigenvalue weighted by molar-refractivity contribution is 14.0. The van der Waals surface area contributed by atoms with Crippen LogP contribution >= 0.6 is 35.6 Å². The van der Waals surface area contributed by atoms with Crippen molar-refractivity contribution in [2.75, 3.05) is 39.8 Å². The molecule has 2 heterocycles. The van der Waals surface area contributed by atoms with Gasteiger partial charge in [0.05, 0.1) is 6.04 Å². The molecule has 0 saturated carbocycles. The maximum absolute atomic E-state index is 6.27. The number of guanidine groups is 1. The fourth-order valence-corrected chi connectivity index (χ4v) is 4.57. The molecule has 1 aromatic carbocycles. The lowest BCUT2D eigenvalue weighted by Gasteiger charge is -2.35. The molecule has 7 heteroatoms. The Morgan fingerprint density at radius 3 is 2.41 bits per heavy atom. The van der Waals surface area contributed by atoms with Gasteiger partial charge in [0.2, 0.25) is 0 Å². The van der Waals surface area contributed by atoms with Crippen LogP contribution in [0.15, 0.2) is 29.3 Å². The van der Waals surface area contributed by atoms with E-state index < -0.39 is 0 Å². The number of hydrogen-bond acceptors (Lipinski definition) is 3. The summed E-state index contributed by atoms with van der Waals surface area (Å²) in [5.41, 5.74) is 1.28. The van der Waals surface area contributed by atoms with Crippen molar-refractivity contribution in [3.05, 3.63) is 34.9 Å². The summed E-state index contributed by atoms with van der Waals surface area (Å²) in [5.74, 6) is 0.911. The highest BCUT2D eigenvalue weighted by atomic mass is 127. The Labute approximate surface area is 198 Å². The van der Waals surface area contributed by atoms with Crippen LogP contribution in [0, 0.1) is 0 Å². The van der Waals surface area contributed by atoms with Crippen LogP contribution in [0.1, 0.15) is 51.1 Å². The number of aliphatic imine (C=N–C) groups is 1. The molecule has 2 N–H and O–H groups in total. The minimum Gasteiger partial charge on any atom is -0.354 e. The second-order valence-electron chi connectivity index (χ2n) is 8.32. The largest absolute Gasteiger partial charge is 0.354 e. The van der Waals surface area contributed by atoms with E-state index in [1.165, 1.54) is 31.2 Å². The van der Waals surface area contributed by atoms with Crippen LogP contribution < -0.4 is 10.6 Å². The van der Waals surface area contributed by atoms with Crippen LogP contribution in [0.2, 0.25) is 5.02 Å². The van der Waals surface area contributed by atoms with Crippen molar-refractivity contribution >= 4 is 41.5 Å². The lowest BCUT2D eigenvalue weighted by Crippen LogP contribution is -2.50. The van der Waals surface area contributed by atoms with E-state index in [0.717, 1.165) is 43.7 Å². The van der Waals surface area contributed by atoms with Crippen LogP contribution in [0.4, 0.5) is 0 Å². The summed E-state index contributed by atoms with van der Waals surface area (Å²) in [6.45, 7) is 10.0. The molecule has 0 spiro atoms. The third-order valence-corrected chi connectivity index (χ3v) is 6.34. The number of likely N-dealkylation sites (tertiary alicyclic amines) is 2. The molecular formula is C22H37ClIN5. The van der Waals surface area contributed by atoms with Crippen molar-refractivity contribution in [3.8, 4) is 0 Å². The normalized spacial score (nSPS) is 20.5. The van der Waals surface area contributed by atoms with E-state index in [0.29, 0.717) is 18.1 Å². The standard InChI is InChI=1S/C22H36ClN5.HI/c1-17(2)27-13-9-20(10-14-27)26-22(24-3)25-16-21(28-11-4-5-12-28)18-7-6-8-19(23)15-18;/h6-8,15,17,20-21H,4-5,9-14,16H2,1-3H3,(H2,24,25,26);1H. The molecule has 1 aromatic rings. The third-order valence-electron chi connectivity index (χ3n) is 6.10. The van der Waals surface area contributed by atoms with Crippen LogP contribution in [0.3, 0.4) is 0 Å². The molecular weight excluding hydrogens is 497 g/mol. The monoisotopic (exact) mass is 533 g/mol. The van der Waals surface area contributed by atoms with Crippen molar-refractivity contribution in [1.29, 1.82) is 0 Å². The zero-order valence-electron chi connectivity index (χ0n) is 18.0. The molecule has 0 radical (unpaired) electrons. The summed E-state index contributed by atoms with van der Waals surface area (Å²) < 4.78 is 0. The summed E-state index contributed by atoms with van der Waals surface area (Å²) in [6, 6.07) is 9.75. The Hall–Kier alpha value is -0.570. The minimum absolute atomic E-state index is 0. The summed E-state index contributed by atoms with van der Waals surface area (Å²) in [5, 5.41) is 8.03. The average Bonchev–Trinajstić information content (AvgIpc) is 3.22. The molecule has 3 rings (SSSR count). The minimum atomic E-state index is 0. The Kier molecular flexibility index (Phi) is 10.5. The number of rotatable bonds is 6. The summed E-state index contributed by atoms with van der Waals surface area (Å²) in [6.07, 6.45) is 4.89. The molecule has 2 aliphatic heterocycles. The first kappa shape index (κ1) is 24.7. The maximum Gasteiger partial charge on any atom is 0.191 e. The van der Waals surface area contributed by atoms with E-state index in [-0.39, 0.29) is 24.0 Å². The number of nitrogens with one attached hydrogen (secondary N) is 2. The molecule has 1 unspecified atom stereocenters. The predicted molar refractivity (Wildman–Crippen MR) is 135 cm³/mol. The summed E-state index contributed by atoms with van der Waals surface area (Å²) in [7, 11) is 1.86. The molecule has 2 fully saturated rings. The molecule has 2 saturated heterocycles. The van der Waals surface area contributed by atoms with Gasteiger partial charge in [-0.3, -0.25) is 9.89 Å². The highest BCUT2D eigenvalue weighted by Gasteiger charge is 2.25. The lowest BCUT2D eigenvalue weighted by atomic mass is 10.0. The van der Waals surface area contributed by atoms with Gasteiger partial charge in [-0.05, 0) is 70.3 Å². The fraction of sp³-hybridized carbons (Fsp3) is 0.682. The molecule has 0 aromatic heterocycles. The first-order valence-corrected chi connectivity index (χ1v) is 11.2. The Balaban J connectivity index is 0.00000300. The molecule has 0 bridgehead atoms. The fourth-order valence-electron chi connectivity index (χ4n) is 4.37. The van der Waals surface area contributed by atoms with Crippen LogP contribution in [-0.2, 0) is 0 Å². The van der Waals surface area contributed by atoms with E-state index in [9.17, 15) is 0 Å². The number of piperidine rings is 1. The SMILES string of the molecule is CN=C(NCC(c1cccc(Cl)c1)N1CCCC1)NC1CCN(C(C)C)CC1.I. The highest BCUT2D eigenvalue weighted by Crippen LogP contribution is 2.26. The first-order valence-electron chi connectivity index (χ1n) is 10.8. The number of halogens is 2. The van der Waals surface area contributed by atoms with Crippen molar-refractivity contribution in [2.45, 2.75) is 57.7 Å². The van der Waals surface area contributed by atoms with E-state index >= 15 is 0 Å². The number of nitrogens with zero attached hydrogens (tertiary/aromatic N) is 3. The zero-order valence-corrected chi connectivity index (χ0v) is 21.1. The molecule has 29 heavy (non-hydrogen) atoms. The van der Waals surface area contributed by atoms with Gasteiger partial charge in [-0.15, -0.1) is 24.0 Å². The Morgan fingerprint density at radius 2 is 1.83 bits per heavy atom. The van der Waals surface area contributed by atoms with E-state index in [1.807, 2.05) is 13.1 Å². The van der Waals surface area contributed by atoms with Gasteiger partial charge >= 0.3 is 0 Å². The van der Waals surface area contributed by atoms with Gasteiger partial charge in [0.15, 0.2) is 5.96 Å². The average molecular weight is 534 g/mol. The van der Waals surface area contributed by atoms with Crippen molar-refractivity contribution < 1.29 is 0 Å². The predicted octanol–water partition coefficient (Wildman–Crippen LogP) is 4.13. The molecule has 0 aliphatic carbocycles. The molecule has 0 amide bonds. The van der Waals surface area contributed by atoms with E-state index in [1.54, 1.807) is 0 Å². The topological polar surface area (TPSA) is 42.9 Å². The van der Waals surface area contributed by atoms with Crippen LogP contribution in [0.25, 0.3) is 0 Å². The van der Waals surface area contributed by atoms with Gasteiger partial charge in [0, 0.05) is 43.8 Å². The second kappa shape index (κ2) is 12.3. The van der Waals surface area contributed by atoms with E-state index in [2.05, 4.69) is 57.5 Å². The molecule has 164 valence electrons. The Bertz CT molecular complexity index is 640. The van der Waals surface area contributed by atoms with Crippen LogP contribution in [0.5, 0.6) is 0 Å². The lowest BCUT2D eigenvalue weighted by molar-refractivity contribution is 0.167. The molecule has 2 aliphatic rings. The van der Waals surface area contributed by atoms with Gasteiger partial charge in [0.1, 0.15) is 0 Å². The maximum atomic E-state index is 6.27.